The lowest BCUT2D eigenvalue weighted by molar-refractivity contribution is 0.935. The second-order valence-corrected chi connectivity index (χ2v) is 3.05. The van der Waals surface area contributed by atoms with Crippen LogP contribution in [0.1, 0.15) is 6.42 Å². The van der Waals surface area contributed by atoms with Crippen molar-refractivity contribution in [3.8, 4) is 0 Å². The van der Waals surface area contributed by atoms with Crippen molar-refractivity contribution in [3.63, 3.8) is 0 Å². The Bertz CT molecular complexity index is 282. The predicted octanol–water partition coefficient (Wildman–Crippen LogP) is 3.17. The van der Waals surface area contributed by atoms with E-state index in [0.717, 1.165) is 6.42 Å². The zero-order valence-electron chi connectivity index (χ0n) is 6.98. The van der Waals surface area contributed by atoms with Gasteiger partial charge < -0.3 is 0 Å². The summed E-state index contributed by atoms with van der Waals surface area (Å²) in [6.07, 6.45) is 20.5. The van der Waals surface area contributed by atoms with E-state index in [1.54, 1.807) is 0 Å². The number of rotatable bonds is 1. The van der Waals surface area contributed by atoms with Crippen LogP contribution < -0.4 is 0 Å². The molecular weight excluding hydrogens is 144 g/mol. The van der Waals surface area contributed by atoms with Crippen LogP contribution in [0, 0.1) is 5.92 Å². The molecule has 0 nitrogen and oxygen atoms in total. The topological polar surface area (TPSA) is 0 Å². The van der Waals surface area contributed by atoms with E-state index in [1.165, 1.54) is 5.57 Å². The van der Waals surface area contributed by atoms with Crippen molar-refractivity contribution in [2.75, 3.05) is 0 Å². The molecular formula is C12H12. The summed E-state index contributed by atoms with van der Waals surface area (Å²) in [5.41, 5.74) is 1.49. The van der Waals surface area contributed by atoms with Gasteiger partial charge in [0.15, 0.2) is 0 Å². The van der Waals surface area contributed by atoms with Crippen molar-refractivity contribution < 1.29 is 0 Å². The molecule has 0 fully saturated rings. The van der Waals surface area contributed by atoms with Gasteiger partial charge in [-0.05, 0) is 6.42 Å². The van der Waals surface area contributed by atoms with Crippen LogP contribution in [0.15, 0.2) is 60.3 Å². The highest BCUT2D eigenvalue weighted by Crippen LogP contribution is 2.23. The maximum atomic E-state index is 2.23. The van der Waals surface area contributed by atoms with E-state index in [1.807, 2.05) is 0 Å². The predicted molar refractivity (Wildman–Crippen MR) is 52.8 cm³/mol. The quantitative estimate of drug-likeness (QED) is 0.547. The molecule has 0 atom stereocenters. The smallest absolute Gasteiger partial charge is 0.0169 e. The standard InChI is InChI=1S/C12H12/c1-2-4-8-11(7-3-1)12-9-5-6-10-12/h1-9,11H,10H2. The lowest BCUT2D eigenvalue weighted by Gasteiger charge is -2.07. The van der Waals surface area contributed by atoms with E-state index in [9.17, 15) is 0 Å². The fraction of sp³-hybridized carbons (Fsp3) is 0.167. The highest BCUT2D eigenvalue weighted by atomic mass is 14.1. The van der Waals surface area contributed by atoms with Gasteiger partial charge >= 0.3 is 0 Å². The van der Waals surface area contributed by atoms with Gasteiger partial charge in [-0.2, -0.15) is 0 Å². The van der Waals surface area contributed by atoms with Crippen molar-refractivity contribution >= 4 is 0 Å². The minimum absolute atomic E-state index is 0.509. The van der Waals surface area contributed by atoms with Crippen LogP contribution in [0.25, 0.3) is 0 Å². The van der Waals surface area contributed by atoms with Crippen molar-refractivity contribution in [3.05, 3.63) is 60.3 Å². The summed E-state index contributed by atoms with van der Waals surface area (Å²) in [6, 6.07) is 0. The Kier molecular flexibility index (Phi) is 2.08. The largest absolute Gasteiger partial charge is 0.0804 e. The molecule has 0 saturated heterocycles. The van der Waals surface area contributed by atoms with Crippen LogP contribution in [-0.2, 0) is 0 Å². The van der Waals surface area contributed by atoms with Gasteiger partial charge in [0, 0.05) is 5.92 Å². The Morgan fingerprint density at radius 2 is 1.67 bits per heavy atom. The van der Waals surface area contributed by atoms with Crippen LogP contribution in [0.5, 0.6) is 0 Å². The molecule has 0 bridgehead atoms. The first-order chi connectivity index (χ1) is 5.97. The van der Waals surface area contributed by atoms with Crippen LogP contribution in [-0.4, -0.2) is 0 Å². The van der Waals surface area contributed by atoms with Gasteiger partial charge in [-0.3, -0.25) is 0 Å². The number of allylic oxidation sites excluding steroid dienone is 10. The van der Waals surface area contributed by atoms with Crippen molar-refractivity contribution in [1.82, 2.24) is 0 Å². The number of hydrogen-bond donors (Lipinski definition) is 0. The third kappa shape index (κ3) is 1.48. The molecule has 0 saturated carbocycles. The molecule has 0 spiro atoms. The molecule has 0 N–H and O–H groups in total. The zero-order chi connectivity index (χ0) is 8.23. The summed E-state index contributed by atoms with van der Waals surface area (Å²) in [5, 5.41) is 0. The molecule has 12 heavy (non-hydrogen) atoms. The van der Waals surface area contributed by atoms with Crippen molar-refractivity contribution in [2.24, 2.45) is 5.92 Å². The Morgan fingerprint density at radius 3 is 2.25 bits per heavy atom. The first-order valence-corrected chi connectivity index (χ1v) is 4.34. The third-order valence-electron chi connectivity index (χ3n) is 2.20. The first kappa shape index (κ1) is 7.35. The summed E-state index contributed by atoms with van der Waals surface area (Å²) in [7, 11) is 0. The van der Waals surface area contributed by atoms with Gasteiger partial charge in [-0.25, -0.2) is 0 Å². The molecule has 0 aliphatic heterocycles. The van der Waals surface area contributed by atoms with E-state index in [2.05, 4.69) is 54.7 Å². The van der Waals surface area contributed by atoms with Crippen LogP contribution >= 0.6 is 0 Å². The minimum Gasteiger partial charge on any atom is -0.0804 e. The lowest BCUT2D eigenvalue weighted by Crippen LogP contribution is -1.93. The Morgan fingerprint density at radius 1 is 0.917 bits per heavy atom. The van der Waals surface area contributed by atoms with Gasteiger partial charge in [0.2, 0.25) is 0 Å². The highest BCUT2D eigenvalue weighted by Gasteiger charge is 2.08. The molecule has 0 aromatic heterocycles. The minimum atomic E-state index is 0.509. The van der Waals surface area contributed by atoms with Gasteiger partial charge in [0.25, 0.3) is 0 Å². The Hall–Kier alpha value is -1.30. The molecule has 0 heterocycles. The normalized spacial score (nSPS) is 21.5. The van der Waals surface area contributed by atoms with Crippen molar-refractivity contribution in [1.29, 1.82) is 0 Å². The average molecular weight is 156 g/mol. The highest BCUT2D eigenvalue weighted by molar-refractivity contribution is 5.34. The first-order valence-electron chi connectivity index (χ1n) is 4.34. The van der Waals surface area contributed by atoms with Gasteiger partial charge in [0.05, 0.1) is 0 Å². The van der Waals surface area contributed by atoms with Gasteiger partial charge in [-0.1, -0.05) is 60.3 Å². The Balaban J connectivity index is 2.14. The lowest BCUT2D eigenvalue weighted by atomic mass is 9.98. The average Bonchev–Trinajstić information content (AvgIpc) is 2.48. The van der Waals surface area contributed by atoms with Crippen LogP contribution in [0.4, 0.5) is 0 Å². The number of hydrogen-bond acceptors (Lipinski definition) is 0. The van der Waals surface area contributed by atoms with Crippen molar-refractivity contribution in [2.45, 2.75) is 6.42 Å². The second-order valence-electron chi connectivity index (χ2n) is 3.05. The molecule has 0 amide bonds. The zero-order valence-corrected chi connectivity index (χ0v) is 6.98. The molecule has 0 aromatic rings. The maximum Gasteiger partial charge on any atom is 0.0169 e. The second kappa shape index (κ2) is 3.40. The summed E-state index contributed by atoms with van der Waals surface area (Å²) >= 11 is 0. The molecule has 60 valence electrons. The summed E-state index contributed by atoms with van der Waals surface area (Å²) in [5.74, 6) is 0.509. The molecule has 0 radical (unpaired) electrons. The molecule has 2 aliphatic carbocycles. The summed E-state index contributed by atoms with van der Waals surface area (Å²) in [6.45, 7) is 0. The maximum absolute atomic E-state index is 2.23. The monoisotopic (exact) mass is 156 g/mol. The fourth-order valence-electron chi connectivity index (χ4n) is 1.52. The van der Waals surface area contributed by atoms with E-state index < -0.39 is 0 Å². The molecule has 2 rings (SSSR count). The van der Waals surface area contributed by atoms with Crippen LogP contribution in [0.3, 0.4) is 0 Å². The van der Waals surface area contributed by atoms with Crippen LogP contribution in [0.2, 0.25) is 0 Å². The third-order valence-corrected chi connectivity index (χ3v) is 2.20. The van der Waals surface area contributed by atoms with Gasteiger partial charge in [0.1, 0.15) is 0 Å². The molecule has 2 aliphatic rings. The molecule has 0 unspecified atom stereocenters. The van der Waals surface area contributed by atoms with E-state index >= 15 is 0 Å². The summed E-state index contributed by atoms with van der Waals surface area (Å²) in [4.78, 5) is 0. The molecule has 0 aromatic carbocycles. The van der Waals surface area contributed by atoms with Gasteiger partial charge in [-0.15, -0.1) is 0 Å². The van der Waals surface area contributed by atoms with E-state index in [-0.39, 0.29) is 0 Å². The molecule has 0 heteroatoms. The van der Waals surface area contributed by atoms with E-state index in [0.29, 0.717) is 5.92 Å². The SMILES string of the molecule is C1=CC=CC(C2=CC=CC2)C=C1. The fourth-order valence-corrected chi connectivity index (χ4v) is 1.52. The van der Waals surface area contributed by atoms with E-state index in [4.69, 9.17) is 0 Å². The Labute approximate surface area is 73.3 Å². The summed E-state index contributed by atoms with van der Waals surface area (Å²) < 4.78 is 0.